The van der Waals surface area contributed by atoms with Gasteiger partial charge in [0, 0.05) is 10.7 Å². The summed E-state index contributed by atoms with van der Waals surface area (Å²) in [5.41, 5.74) is 2.87. The molecule has 1 unspecified atom stereocenters. The van der Waals surface area contributed by atoms with Gasteiger partial charge in [-0.15, -0.1) is 0 Å². The van der Waals surface area contributed by atoms with Crippen LogP contribution >= 0.6 is 11.8 Å². The zero-order chi connectivity index (χ0) is 26.5. The molecule has 8 heteroatoms. The second kappa shape index (κ2) is 11.6. The molecule has 0 saturated heterocycles. The van der Waals surface area contributed by atoms with Gasteiger partial charge in [-0.05, 0) is 49.1 Å². The zero-order valence-electron chi connectivity index (χ0n) is 21.5. The lowest BCUT2D eigenvalue weighted by Crippen LogP contribution is -2.59. The van der Waals surface area contributed by atoms with Gasteiger partial charge in [-0.3, -0.25) is 4.79 Å². The van der Waals surface area contributed by atoms with Crippen molar-refractivity contribution in [2.24, 2.45) is 0 Å². The van der Waals surface area contributed by atoms with Crippen LogP contribution in [0, 0.1) is 0 Å². The van der Waals surface area contributed by atoms with Gasteiger partial charge in [0.25, 0.3) is 22.9 Å². The SMILES string of the molecule is CCCCCCOc1ccccc1C1N(C(=O)c2ccccc2)c2ccccc2-c2c([O-])nc(SC)n[n+]21. The van der Waals surface area contributed by atoms with Gasteiger partial charge in [-0.2, -0.15) is 0 Å². The minimum absolute atomic E-state index is 0.198. The van der Waals surface area contributed by atoms with E-state index in [1.807, 2.05) is 73.0 Å². The minimum Gasteiger partial charge on any atom is -0.854 e. The van der Waals surface area contributed by atoms with E-state index in [9.17, 15) is 9.90 Å². The van der Waals surface area contributed by atoms with Crippen LogP contribution in [0.5, 0.6) is 11.6 Å². The normalized spacial score (nSPS) is 14.1. The molecular formula is C30H30N4O3S. The molecule has 1 aliphatic rings. The van der Waals surface area contributed by atoms with E-state index in [2.05, 4.69) is 11.9 Å². The molecule has 0 radical (unpaired) electrons. The Morgan fingerprint density at radius 1 is 1.00 bits per heavy atom. The van der Waals surface area contributed by atoms with E-state index in [0.29, 0.717) is 40.0 Å². The number of rotatable bonds is 9. The van der Waals surface area contributed by atoms with Crippen LogP contribution in [-0.4, -0.2) is 28.9 Å². The second-order valence-electron chi connectivity index (χ2n) is 9.08. The Bertz CT molecular complexity index is 1430. The monoisotopic (exact) mass is 526 g/mol. The number of para-hydroxylation sites is 2. The van der Waals surface area contributed by atoms with Crippen molar-refractivity contribution in [3.05, 3.63) is 90.0 Å². The quantitative estimate of drug-likeness (QED) is 0.165. The number of amides is 1. The maximum Gasteiger partial charge on any atom is 0.296 e. The van der Waals surface area contributed by atoms with Crippen LogP contribution in [0.15, 0.2) is 84.0 Å². The van der Waals surface area contributed by atoms with Crippen LogP contribution < -0.4 is 19.4 Å². The molecule has 4 aromatic rings. The Kier molecular flexibility index (Phi) is 7.89. The molecule has 38 heavy (non-hydrogen) atoms. The van der Waals surface area contributed by atoms with Crippen LogP contribution in [-0.2, 0) is 0 Å². The summed E-state index contributed by atoms with van der Waals surface area (Å²) in [5, 5.41) is 18.5. The summed E-state index contributed by atoms with van der Waals surface area (Å²) in [6, 6.07) is 24.3. The highest BCUT2D eigenvalue weighted by atomic mass is 32.2. The number of hydrogen-bond donors (Lipinski definition) is 0. The predicted molar refractivity (Wildman–Crippen MR) is 146 cm³/mol. The first-order valence-corrected chi connectivity index (χ1v) is 14.1. The number of carbonyl (C=O) groups is 1. The van der Waals surface area contributed by atoms with Crippen LogP contribution in [0.3, 0.4) is 0 Å². The molecule has 3 aromatic carbocycles. The number of nitrogens with zero attached hydrogens (tertiary/aromatic N) is 4. The van der Waals surface area contributed by atoms with Crippen molar-refractivity contribution in [2.45, 2.75) is 43.9 Å². The number of benzene rings is 3. The van der Waals surface area contributed by atoms with Gasteiger partial charge in [-0.1, -0.05) is 85.1 Å². The van der Waals surface area contributed by atoms with Crippen LogP contribution in [0.1, 0.15) is 54.7 Å². The number of unbranched alkanes of at least 4 members (excludes halogenated alkanes) is 3. The number of fused-ring (bicyclic) bond motifs is 3. The molecule has 5 rings (SSSR count). The van der Waals surface area contributed by atoms with Crippen LogP contribution in [0.25, 0.3) is 11.3 Å². The number of ether oxygens (including phenoxy) is 1. The van der Waals surface area contributed by atoms with E-state index < -0.39 is 6.17 Å². The van der Waals surface area contributed by atoms with Crippen molar-refractivity contribution < 1.29 is 19.3 Å². The maximum atomic E-state index is 14.2. The number of thioether (sulfide) groups is 1. The fraction of sp³-hybridized carbons (Fsp3) is 0.267. The average molecular weight is 527 g/mol. The molecule has 2 heterocycles. The highest BCUT2D eigenvalue weighted by Gasteiger charge is 2.46. The van der Waals surface area contributed by atoms with Crippen LogP contribution in [0.2, 0.25) is 0 Å². The summed E-state index contributed by atoms with van der Waals surface area (Å²) in [5.74, 6) is 0.0803. The topological polar surface area (TPSA) is 82.3 Å². The Balaban J connectivity index is 1.70. The van der Waals surface area contributed by atoms with E-state index in [4.69, 9.17) is 9.84 Å². The molecule has 0 N–H and O–H groups in total. The molecule has 1 atom stereocenters. The fourth-order valence-electron chi connectivity index (χ4n) is 4.78. The van der Waals surface area contributed by atoms with Crippen molar-refractivity contribution >= 4 is 23.4 Å². The molecule has 7 nitrogen and oxygen atoms in total. The molecule has 0 fully saturated rings. The first kappa shape index (κ1) is 25.7. The van der Waals surface area contributed by atoms with Gasteiger partial charge < -0.3 is 9.84 Å². The van der Waals surface area contributed by atoms with Gasteiger partial charge in [0.15, 0.2) is 0 Å². The summed E-state index contributed by atoms with van der Waals surface area (Å²) in [6.45, 7) is 2.75. The molecule has 194 valence electrons. The van der Waals surface area contributed by atoms with Crippen molar-refractivity contribution in [3.63, 3.8) is 0 Å². The van der Waals surface area contributed by atoms with Crippen molar-refractivity contribution in [2.75, 3.05) is 17.8 Å². The van der Waals surface area contributed by atoms with Gasteiger partial charge in [0.1, 0.15) is 5.75 Å². The molecule has 1 amide bonds. The Labute approximate surface area is 227 Å². The third kappa shape index (κ3) is 4.96. The number of carbonyl (C=O) groups excluding carboxylic acids is 1. The lowest BCUT2D eigenvalue weighted by atomic mass is 9.99. The predicted octanol–water partition coefficient (Wildman–Crippen LogP) is 5.39. The van der Waals surface area contributed by atoms with Gasteiger partial charge >= 0.3 is 0 Å². The van der Waals surface area contributed by atoms with Gasteiger partial charge in [0.05, 0.1) is 29.3 Å². The van der Waals surface area contributed by atoms with Gasteiger partial charge in [0.2, 0.25) is 0 Å². The third-order valence-corrected chi connectivity index (χ3v) is 7.13. The van der Waals surface area contributed by atoms with E-state index in [-0.39, 0.29) is 11.8 Å². The fourth-order valence-corrected chi connectivity index (χ4v) is 5.12. The number of aromatic nitrogens is 3. The minimum atomic E-state index is -0.749. The molecular weight excluding hydrogens is 496 g/mol. The van der Waals surface area contributed by atoms with Gasteiger partial charge in [-0.25, -0.2) is 9.88 Å². The van der Waals surface area contributed by atoms with E-state index >= 15 is 0 Å². The van der Waals surface area contributed by atoms with E-state index in [1.54, 1.807) is 21.7 Å². The first-order valence-electron chi connectivity index (χ1n) is 12.9. The highest BCUT2D eigenvalue weighted by Crippen LogP contribution is 2.43. The molecule has 0 saturated carbocycles. The molecule has 0 bridgehead atoms. The standard InChI is InChI=1S/C30H30N4O3S/c1-3-4-5-13-20-37-25-19-12-10-17-23(25)28-33(29(36)21-14-7-6-8-15-21)24-18-11-9-16-22(24)26-27(35)31-30(38-2)32-34(26)28/h6-12,14-19,28H,3-5,13,20H2,1-2H3. The molecule has 0 aliphatic carbocycles. The van der Waals surface area contributed by atoms with Crippen LogP contribution in [0.4, 0.5) is 5.69 Å². The number of hydrogen-bond acceptors (Lipinski definition) is 6. The smallest absolute Gasteiger partial charge is 0.296 e. The summed E-state index contributed by atoms with van der Waals surface area (Å²) in [6.07, 6.45) is 5.42. The van der Waals surface area contributed by atoms with E-state index in [1.165, 1.54) is 11.8 Å². The Hall–Kier alpha value is -3.91. The molecule has 1 aliphatic heterocycles. The summed E-state index contributed by atoms with van der Waals surface area (Å²) >= 11 is 1.29. The zero-order valence-corrected chi connectivity index (χ0v) is 22.4. The second-order valence-corrected chi connectivity index (χ2v) is 9.85. The lowest BCUT2D eigenvalue weighted by molar-refractivity contribution is -0.764. The molecule has 0 spiro atoms. The summed E-state index contributed by atoms with van der Waals surface area (Å²) in [7, 11) is 0. The van der Waals surface area contributed by atoms with Crippen molar-refractivity contribution in [3.8, 4) is 22.9 Å². The van der Waals surface area contributed by atoms with E-state index in [0.717, 1.165) is 31.2 Å². The summed E-state index contributed by atoms with van der Waals surface area (Å²) < 4.78 is 7.92. The Morgan fingerprint density at radius 2 is 1.74 bits per heavy atom. The summed E-state index contributed by atoms with van der Waals surface area (Å²) in [4.78, 5) is 20.1. The molecule has 1 aromatic heterocycles. The first-order chi connectivity index (χ1) is 18.6. The average Bonchev–Trinajstić information content (AvgIpc) is 2.96. The van der Waals surface area contributed by atoms with Crippen molar-refractivity contribution in [1.82, 2.24) is 10.1 Å². The Morgan fingerprint density at radius 3 is 2.53 bits per heavy atom. The number of anilines is 1. The maximum absolute atomic E-state index is 14.2. The third-order valence-electron chi connectivity index (χ3n) is 6.59. The highest BCUT2D eigenvalue weighted by molar-refractivity contribution is 7.98. The lowest BCUT2D eigenvalue weighted by Gasteiger charge is -2.34. The van der Waals surface area contributed by atoms with Crippen molar-refractivity contribution in [1.29, 1.82) is 0 Å². The largest absolute Gasteiger partial charge is 0.854 e.